The molecule has 1 atom stereocenters. The average molecular weight is 308 g/mol. The molecule has 0 spiro atoms. The van der Waals surface area contributed by atoms with Crippen molar-refractivity contribution < 1.29 is 19.1 Å². The number of hydrazine groups is 1. The third-order valence-electron chi connectivity index (χ3n) is 2.97. The van der Waals surface area contributed by atoms with Crippen LogP contribution < -0.4 is 15.6 Å². The monoisotopic (exact) mass is 308 g/mol. The third-order valence-corrected chi connectivity index (χ3v) is 2.97. The number of hydrogen-bond donors (Lipinski definition) is 2. The van der Waals surface area contributed by atoms with Gasteiger partial charge >= 0.3 is 0 Å². The van der Waals surface area contributed by atoms with E-state index in [1.807, 2.05) is 45.0 Å². The van der Waals surface area contributed by atoms with Gasteiger partial charge in [-0.15, -0.1) is 0 Å². The summed E-state index contributed by atoms with van der Waals surface area (Å²) in [6.45, 7) is 6.56. The van der Waals surface area contributed by atoms with Crippen molar-refractivity contribution in [2.75, 3.05) is 13.2 Å². The molecule has 0 saturated carbocycles. The van der Waals surface area contributed by atoms with E-state index in [4.69, 9.17) is 9.47 Å². The van der Waals surface area contributed by atoms with Crippen LogP contribution in [0.15, 0.2) is 24.3 Å². The van der Waals surface area contributed by atoms with Gasteiger partial charge in [0.15, 0.2) is 6.10 Å². The lowest BCUT2D eigenvalue weighted by molar-refractivity contribution is -0.133. The normalized spacial score (nSPS) is 11.6. The van der Waals surface area contributed by atoms with E-state index >= 15 is 0 Å². The van der Waals surface area contributed by atoms with E-state index in [-0.39, 0.29) is 18.2 Å². The fraction of sp³-hybridized carbons (Fsp3) is 0.500. The second kappa shape index (κ2) is 9.78. The highest BCUT2D eigenvalue weighted by atomic mass is 16.5. The molecule has 0 aromatic heterocycles. The summed E-state index contributed by atoms with van der Waals surface area (Å²) in [5.41, 5.74) is 5.84. The molecule has 0 aliphatic rings. The zero-order chi connectivity index (χ0) is 16.4. The van der Waals surface area contributed by atoms with Gasteiger partial charge in [0, 0.05) is 6.61 Å². The highest BCUT2D eigenvalue weighted by Crippen LogP contribution is 2.14. The molecule has 0 aliphatic carbocycles. The van der Waals surface area contributed by atoms with Crippen molar-refractivity contribution in [1.29, 1.82) is 0 Å². The summed E-state index contributed by atoms with van der Waals surface area (Å²) in [5, 5.41) is 0. The van der Waals surface area contributed by atoms with E-state index in [1.54, 1.807) is 0 Å². The van der Waals surface area contributed by atoms with Crippen molar-refractivity contribution in [3.05, 3.63) is 29.8 Å². The summed E-state index contributed by atoms with van der Waals surface area (Å²) in [6, 6.07) is 7.45. The Morgan fingerprint density at radius 3 is 2.41 bits per heavy atom. The SMILES string of the molecule is CCOCCC(=O)NNC(=O)C(CC)Oc1ccc(C)cc1. The van der Waals surface area contributed by atoms with E-state index in [9.17, 15) is 9.59 Å². The van der Waals surface area contributed by atoms with Gasteiger partial charge in [0.25, 0.3) is 5.91 Å². The molecule has 0 bridgehead atoms. The molecule has 122 valence electrons. The van der Waals surface area contributed by atoms with Crippen LogP contribution in [0.2, 0.25) is 0 Å². The van der Waals surface area contributed by atoms with Gasteiger partial charge in [-0.2, -0.15) is 0 Å². The Balaban J connectivity index is 2.40. The minimum Gasteiger partial charge on any atom is -0.481 e. The molecule has 2 amide bonds. The molecule has 0 radical (unpaired) electrons. The molecular formula is C16H24N2O4. The molecule has 0 fully saturated rings. The highest BCUT2D eigenvalue weighted by Gasteiger charge is 2.18. The number of nitrogens with one attached hydrogen (secondary N) is 2. The Morgan fingerprint density at radius 1 is 1.14 bits per heavy atom. The standard InChI is InChI=1S/C16H24N2O4/c1-4-14(22-13-8-6-12(3)7-9-13)16(20)18-17-15(19)10-11-21-5-2/h6-9,14H,4-5,10-11H2,1-3H3,(H,17,19)(H,18,20). The van der Waals surface area contributed by atoms with Crippen molar-refractivity contribution in [2.45, 2.75) is 39.7 Å². The Bertz CT molecular complexity index is 474. The maximum atomic E-state index is 12.0. The first kappa shape index (κ1) is 18.0. The predicted molar refractivity (Wildman–Crippen MR) is 83.3 cm³/mol. The van der Waals surface area contributed by atoms with Gasteiger partial charge in [-0.1, -0.05) is 24.6 Å². The van der Waals surface area contributed by atoms with Crippen LogP contribution in [-0.4, -0.2) is 31.1 Å². The largest absolute Gasteiger partial charge is 0.481 e. The first-order valence-corrected chi connectivity index (χ1v) is 7.46. The maximum absolute atomic E-state index is 12.0. The van der Waals surface area contributed by atoms with Crippen LogP contribution >= 0.6 is 0 Å². The second-order valence-electron chi connectivity index (χ2n) is 4.81. The van der Waals surface area contributed by atoms with Crippen molar-refractivity contribution in [2.24, 2.45) is 0 Å². The first-order valence-electron chi connectivity index (χ1n) is 7.46. The Hall–Kier alpha value is -2.08. The highest BCUT2D eigenvalue weighted by molar-refractivity contribution is 5.84. The van der Waals surface area contributed by atoms with E-state index in [2.05, 4.69) is 10.9 Å². The van der Waals surface area contributed by atoms with Crippen molar-refractivity contribution in [3.63, 3.8) is 0 Å². The van der Waals surface area contributed by atoms with Gasteiger partial charge in [0.05, 0.1) is 13.0 Å². The van der Waals surface area contributed by atoms with Crippen LogP contribution in [0.3, 0.4) is 0 Å². The van der Waals surface area contributed by atoms with Crippen LogP contribution in [0.25, 0.3) is 0 Å². The molecule has 0 saturated heterocycles. The fourth-order valence-electron chi connectivity index (χ4n) is 1.69. The molecule has 6 heteroatoms. The Morgan fingerprint density at radius 2 is 1.82 bits per heavy atom. The van der Waals surface area contributed by atoms with Crippen molar-refractivity contribution in [1.82, 2.24) is 10.9 Å². The molecule has 2 N–H and O–H groups in total. The van der Waals surface area contributed by atoms with E-state index in [1.165, 1.54) is 0 Å². The summed E-state index contributed by atoms with van der Waals surface area (Å²) in [7, 11) is 0. The van der Waals surface area contributed by atoms with E-state index < -0.39 is 6.10 Å². The molecular weight excluding hydrogens is 284 g/mol. The maximum Gasteiger partial charge on any atom is 0.279 e. The number of hydrogen-bond acceptors (Lipinski definition) is 4. The van der Waals surface area contributed by atoms with Gasteiger partial charge in [0.1, 0.15) is 5.75 Å². The number of carbonyl (C=O) groups excluding carboxylic acids is 2. The zero-order valence-electron chi connectivity index (χ0n) is 13.3. The van der Waals surface area contributed by atoms with Crippen molar-refractivity contribution >= 4 is 11.8 Å². The van der Waals surface area contributed by atoms with Crippen LogP contribution in [0.1, 0.15) is 32.3 Å². The molecule has 6 nitrogen and oxygen atoms in total. The van der Waals surface area contributed by atoms with Gasteiger partial charge in [0.2, 0.25) is 5.91 Å². The van der Waals surface area contributed by atoms with Crippen LogP contribution in [0, 0.1) is 6.92 Å². The van der Waals surface area contributed by atoms with Crippen LogP contribution in [0.5, 0.6) is 5.75 Å². The van der Waals surface area contributed by atoms with Gasteiger partial charge in [-0.25, -0.2) is 0 Å². The topological polar surface area (TPSA) is 76.7 Å². The lowest BCUT2D eigenvalue weighted by Gasteiger charge is -2.17. The van der Waals surface area contributed by atoms with Gasteiger partial charge in [-0.3, -0.25) is 20.4 Å². The quantitative estimate of drug-likeness (QED) is 0.566. The summed E-state index contributed by atoms with van der Waals surface area (Å²) in [6.07, 6.45) is 0.0352. The molecule has 1 aromatic carbocycles. The number of aryl methyl sites for hydroxylation is 1. The second-order valence-corrected chi connectivity index (χ2v) is 4.81. The molecule has 1 rings (SSSR count). The Kier molecular flexibility index (Phi) is 7.99. The summed E-state index contributed by atoms with van der Waals surface area (Å²) < 4.78 is 10.7. The molecule has 22 heavy (non-hydrogen) atoms. The molecule has 0 aliphatic heterocycles. The van der Waals surface area contributed by atoms with Crippen LogP contribution in [0.4, 0.5) is 0 Å². The van der Waals surface area contributed by atoms with E-state index in [0.717, 1.165) is 5.56 Å². The minimum atomic E-state index is -0.658. The fourth-order valence-corrected chi connectivity index (χ4v) is 1.69. The molecule has 0 heterocycles. The summed E-state index contributed by atoms with van der Waals surface area (Å²) >= 11 is 0. The number of ether oxygens (including phenoxy) is 2. The summed E-state index contributed by atoms with van der Waals surface area (Å²) in [4.78, 5) is 23.5. The number of benzene rings is 1. The smallest absolute Gasteiger partial charge is 0.279 e. The van der Waals surface area contributed by atoms with Crippen molar-refractivity contribution in [3.8, 4) is 5.75 Å². The minimum absolute atomic E-state index is 0.198. The number of amides is 2. The first-order chi connectivity index (χ1) is 10.6. The number of rotatable bonds is 8. The Labute approximate surface area is 131 Å². The van der Waals surface area contributed by atoms with Crippen LogP contribution in [-0.2, 0) is 14.3 Å². The molecule has 1 unspecified atom stereocenters. The average Bonchev–Trinajstić information content (AvgIpc) is 2.52. The van der Waals surface area contributed by atoms with Gasteiger partial charge in [-0.05, 0) is 32.4 Å². The third kappa shape index (κ3) is 6.58. The zero-order valence-corrected chi connectivity index (χ0v) is 13.3. The number of carbonyl (C=O) groups is 2. The van der Waals surface area contributed by atoms with E-state index in [0.29, 0.717) is 25.4 Å². The lowest BCUT2D eigenvalue weighted by Crippen LogP contribution is -2.48. The molecule has 1 aromatic rings. The summed E-state index contributed by atoms with van der Waals surface area (Å²) in [5.74, 6) is -0.0601. The van der Waals surface area contributed by atoms with Gasteiger partial charge < -0.3 is 9.47 Å². The predicted octanol–water partition coefficient (Wildman–Crippen LogP) is 1.73. The lowest BCUT2D eigenvalue weighted by atomic mass is 10.2.